The molecule has 112 valence electrons. The van der Waals surface area contributed by atoms with Crippen molar-refractivity contribution in [2.45, 2.75) is 12.0 Å². The van der Waals surface area contributed by atoms with Gasteiger partial charge in [-0.05, 0) is 12.1 Å². The number of anilines is 1. The maximum Gasteiger partial charge on any atom is 0.297 e. The van der Waals surface area contributed by atoms with Crippen LogP contribution in [0, 0.1) is 0 Å². The summed E-state index contributed by atoms with van der Waals surface area (Å²) in [5.41, 5.74) is 0. The molecule has 10 heteroatoms. The summed E-state index contributed by atoms with van der Waals surface area (Å²) < 4.78 is 30.8. The number of hydrogen-bond acceptors (Lipinski definition) is 8. The van der Waals surface area contributed by atoms with E-state index in [4.69, 9.17) is 4.42 Å². The summed E-state index contributed by atoms with van der Waals surface area (Å²) in [6, 6.07) is 2.98. The first kappa shape index (κ1) is 15.7. The van der Waals surface area contributed by atoms with E-state index < -0.39 is 10.0 Å². The number of oxazole rings is 1. The van der Waals surface area contributed by atoms with Crippen LogP contribution in [0.15, 0.2) is 34.2 Å². The lowest BCUT2D eigenvalue weighted by Gasteiger charge is -2.01. The van der Waals surface area contributed by atoms with Gasteiger partial charge in [-0.2, -0.15) is 8.42 Å². The number of rotatable bonds is 6. The van der Waals surface area contributed by atoms with Gasteiger partial charge in [0.05, 0.1) is 16.8 Å². The Balaban J connectivity index is 2.07. The van der Waals surface area contributed by atoms with Gasteiger partial charge in [0.15, 0.2) is 17.3 Å². The molecule has 7 nitrogen and oxygen atoms in total. The highest BCUT2D eigenvalue weighted by molar-refractivity contribution is 8.14. The number of carbonyl (C=O) groups is 2. The van der Waals surface area contributed by atoms with Gasteiger partial charge in [0.1, 0.15) is 5.00 Å². The summed E-state index contributed by atoms with van der Waals surface area (Å²) in [5.74, 6) is -0.199. The molecule has 0 spiro atoms. The largest absolute Gasteiger partial charge is 0.430 e. The van der Waals surface area contributed by atoms with Crippen LogP contribution in [0.3, 0.4) is 0 Å². The van der Waals surface area contributed by atoms with E-state index >= 15 is 0 Å². The Kier molecular flexibility index (Phi) is 4.80. The highest BCUT2D eigenvalue weighted by atomic mass is 32.2. The number of ketones is 1. The molecular weight excluding hydrogens is 336 g/mol. The third-order valence-corrected chi connectivity index (χ3v) is 5.40. The van der Waals surface area contributed by atoms with Gasteiger partial charge in [-0.25, -0.2) is 4.98 Å². The van der Waals surface area contributed by atoms with Crippen molar-refractivity contribution in [2.75, 3.05) is 10.5 Å². The zero-order valence-corrected chi connectivity index (χ0v) is 13.2. The summed E-state index contributed by atoms with van der Waals surface area (Å²) in [5, 5.41) is -0.176. The zero-order valence-electron chi connectivity index (χ0n) is 10.7. The van der Waals surface area contributed by atoms with Crippen LogP contribution in [0.25, 0.3) is 0 Å². The first-order valence-corrected chi connectivity index (χ1v) is 8.85. The summed E-state index contributed by atoms with van der Waals surface area (Å²) >= 11 is 1.90. The minimum atomic E-state index is -3.85. The lowest BCUT2D eigenvalue weighted by atomic mass is 10.3. The van der Waals surface area contributed by atoms with E-state index in [0.717, 1.165) is 35.7 Å². The SMILES string of the molecule is CC(=O)SCC(=O)c1ccc(NS(=O)(=O)c2cnco2)s1. The molecule has 0 bridgehead atoms. The molecule has 0 saturated heterocycles. The van der Waals surface area contributed by atoms with Gasteiger partial charge < -0.3 is 4.42 Å². The average molecular weight is 346 g/mol. The molecule has 2 heterocycles. The van der Waals surface area contributed by atoms with E-state index in [1.807, 2.05) is 0 Å². The number of nitrogens with zero attached hydrogens (tertiary/aromatic N) is 1. The van der Waals surface area contributed by atoms with E-state index in [9.17, 15) is 18.0 Å². The molecule has 0 unspecified atom stereocenters. The molecular formula is C11H10N2O5S3. The third-order valence-electron chi connectivity index (χ3n) is 2.20. The van der Waals surface area contributed by atoms with Crippen molar-refractivity contribution in [2.24, 2.45) is 0 Å². The number of thioether (sulfide) groups is 1. The van der Waals surface area contributed by atoms with Gasteiger partial charge in [0.25, 0.3) is 15.1 Å². The normalized spacial score (nSPS) is 11.3. The van der Waals surface area contributed by atoms with Crippen LogP contribution in [0.1, 0.15) is 16.6 Å². The topological polar surface area (TPSA) is 106 Å². The summed E-state index contributed by atoms with van der Waals surface area (Å²) in [4.78, 5) is 26.5. The second-order valence-electron chi connectivity index (χ2n) is 3.79. The molecule has 0 atom stereocenters. The van der Waals surface area contributed by atoms with Crippen LogP contribution in [-0.2, 0) is 14.8 Å². The highest BCUT2D eigenvalue weighted by Gasteiger charge is 2.19. The van der Waals surface area contributed by atoms with E-state index in [0.29, 0.717) is 4.88 Å². The third kappa shape index (κ3) is 4.16. The fraction of sp³-hybridized carbons (Fsp3) is 0.182. The molecule has 2 aromatic rings. The minimum Gasteiger partial charge on any atom is -0.430 e. The predicted octanol–water partition coefficient (Wildman–Crippen LogP) is 2.00. The molecule has 1 N–H and O–H groups in total. The smallest absolute Gasteiger partial charge is 0.297 e. The Morgan fingerprint density at radius 2 is 2.19 bits per heavy atom. The van der Waals surface area contributed by atoms with E-state index in [1.54, 1.807) is 0 Å². The van der Waals surface area contributed by atoms with Crippen molar-refractivity contribution in [1.29, 1.82) is 0 Å². The Bertz CT molecular complexity index is 749. The van der Waals surface area contributed by atoms with Crippen molar-refractivity contribution in [1.82, 2.24) is 4.98 Å². The van der Waals surface area contributed by atoms with Crippen molar-refractivity contribution >= 4 is 49.0 Å². The standard InChI is InChI=1S/C11H10N2O5S3/c1-7(14)19-5-8(15)9-2-3-10(20-9)13-21(16,17)11-4-12-6-18-11/h2-4,6,13H,5H2,1H3. The number of Topliss-reactive ketones (excluding diaryl/α,β-unsaturated/α-hetero) is 1. The van der Waals surface area contributed by atoms with Crippen LogP contribution in [-0.4, -0.2) is 30.1 Å². The molecule has 0 radical (unpaired) electrons. The summed E-state index contributed by atoms with van der Waals surface area (Å²) in [6.07, 6.45) is 2.09. The van der Waals surface area contributed by atoms with Crippen molar-refractivity contribution in [3.8, 4) is 0 Å². The molecule has 0 aliphatic rings. The van der Waals surface area contributed by atoms with Crippen molar-refractivity contribution in [3.05, 3.63) is 29.6 Å². The van der Waals surface area contributed by atoms with Crippen LogP contribution >= 0.6 is 23.1 Å². The molecule has 21 heavy (non-hydrogen) atoms. The van der Waals surface area contributed by atoms with Crippen molar-refractivity contribution in [3.63, 3.8) is 0 Å². The molecule has 2 rings (SSSR count). The van der Waals surface area contributed by atoms with Gasteiger partial charge in [0, 0.05) is 6.92 Å². The lowest BCUT2D eigenvalue weighted by Crippen LogP contribution is -2.11. The summed E-state index contributed by atoms with van der Waals surface area (Å²) in [6.45, 7) is 1.38. The number of nitrogens with one attached hydrogen (secondary N) is 1. The monoisotopic (exact) mass is 346 g/mol. The second kappa shape index (κ2) is 6.41. The minimum absolute atomic E-state index is 0.0319. The number of thiophene rings is 1. The molecule has 0 aliphatic carbocycles. The second-order valence-corrected chi connectivity index (χ2v) is 7.64. The van der Waals surface area contributed by atoms with Crippen LogP contribution in [0.2, 0.25) is 0 Å². The zero-order chi connectivity index (χ0) is 15.5. The Morgan fingerprint density at radius 3 is 2.81 bits per heavy atom. The average Bonchev–Trinajstić information content (AvgIpc) is 3.06. The maximum absolute atomic E-state index is 11.9. The molecule has 0 aromatic carbocycles. The maximum atomic E-state index is 11.9. The number of carbonyl (C=O) groups excluding carboxylic acids is 2. The first-order chi connectivity index (χ1) is 9.88. The predicted molar refractivity (Wildman–Crippen MR) is 79.1 cm³/mol. The highest BCUT2D eigenvalue weighted by Crippen LogP contribution is 2.26. The van der Waals surface area contributed by atoms with Crippen LogP contribution in [0.4, 0.5) is 5.00 Å². The molecule has 0 amide bonds. The molecule has 0 fully saturated rings. The van der Waals surface area contributed by atoms with Gasteiger partial charge in [0.2, 0.25) is 0 Å². The molecule has 0 aliphatic heterocycles. The Hall–Kier alpha value is -1.65. The summed E-state index contributed by atoms with van der Waals surface area (Å²) in [7, 11) is -3.85. The fourth-order valence-electron chi connectivity index (χ4n) is 1.30. The number of hydrogen-bond donors (Lipinski definition) is 1. The van der Waals surface area contributed by atoms with E-state index in [1.165, 1.54) is 19.1 Å². The van der Waals surface area contributed by atoms with Crippen LogP contribution in [0.5, 0.6) is 0 Å². The van der Waals surface area contributed by atoms with Gasteiger partial charge in [-0.15, -0.1) is 11.3 Å². The van der Waals surface area contributed by atoms with Gasteiger partial charge in [-0.1, -0.05) is 11.8 Å². The van der Waals surface area contributed by atoms with Gasteiger partial charge >= 0.3 is 0 Å². The first-order valence-electron chi connectivity index (χ1n) is 5.56. The lowest BCUT2D eigenvalue weighted by molar-refractivity contribution is -0.109. The Morgan fingerprint density at radius 1 is 1.43 bits per heavy atom. The fourth-order valence-corrected chi connectivity index (χ4v) is 3.88. The molecule has 0 saturated carbocycles. The van der Waals surface area contributed by atoms with E-state index in [-0.39, 0.29) is 26.7 Å². The number of aromatic nitrogens is 1. The van der Waals surface area contributed by atoms with Gasteiger partial charge in [-0.3, -0.25) is 14.3 Å². The van der Waals surface area contributed by atoms with E-state index in [2.05, 4.69) is 9.71 Å². The quantitative estimate of drug-likeness (QED) is 0.797. The van der Waals surface area contributed by atoms with Crippen molar-refractivity contribution < 1.29 is 22.4 Å². The Labute approximate surface area is 128 Å². The van der Waals surface area contributed by atoms with Crippen LogP contribution < -0.4 is 4.72 Å². The molecule has 2 aromatic heterocycles. The number of sulfonamides is 1.